The molecule has 116 valence electrons. The Morgan fingerprint density at radius 3 is 2.73 bits per heavy atom. The molecule has 6 nitrogen and oxygen atoms in total. The molecule has 0 aliphatic carbocycles. The standard InChI is InChI=1S/C16H18N2O4/c1-21-13-5-2-4-12(8-13)9-15(19)18-11-16(20)17-10-14-6-3-7-22-14/h2-8H,9-11H2,1H3,(H,17,20)(H,18,19). The maximum absolute atomic E-state index is 11.8. The van der Waals surface area contributed by atoms with Crippen molar-refractivity contribution in [1.82, 2.24) is 10.6 Å². The molecule has 1 heterocycles. The lowest BCUT2D eigenvalue weighted by Gasteiger charge is -2.07. The van der Waals surface area contributed by atoms with Crippen molar-refractivity contribution in [1.29, 1.82) is 0 Å². The van der Waals surface area contributed by atoms with Gasteiger partial charge in [0.05, 0.1) is 32.9 Å². The lowest BCUT2D eigenvalue weighted by atomic mass is 10.1. The summed E-state index contributed by atoms with van der Waals surface area (Å²) in [4.78, 5) is 23.4. The van der Waals surface area contributed by atoms with Gasteiger partial charge in [-0.2, -0.15) is 0 Å². The molecule has 0 bridgehead atoms. The van der Waals surface area contributed by atoms with Gasteiger partial charge < -0.3 is 19.8 Å². The predicted octanol–water partition coefficient (Wildman–Crippen LogP) is 1.26. The molecule has 2 amide bonds. The average molecular weight is 302 g/mol. The molecule has 22 heavy (non-hydrogen) atoms. The first-order valence-electron chi connectivity index (χ1n) is 6.86. The van der Waals surface area contributed by atoms with E-state index >= 15 is 0 Å². The Morgan fingerprint density at radius 1 is 1.14 bits per heavy atom. The van der Waals surface area contributed by atoms with Gasteiger partial charge in [0.25, 0.3) is 0 Å². The Labute approximate surface area is 128 Å². The molecule has 0 saturated heterocycles. The summed E-state index contributed by atoms with van der Waals surface area (Å²) in [6.45, 7) is 0.237. The van der Waals surface area contributed by atoms with Crippen LogP contribution in [0.15, 0.2) is 47.1 Å². The van der Waals surface area contributed by atoms with Gasteiger partial charge in [-0.15, -0.1) is 0 Å². The third-order valence-corrected chi connectivity index (χ3v) is 2.98. The third-order valence-electron chi connectivity index (χ3n) is 2.98. The number of carbonyl (C=O) groups is 2. The molecular formula is C16H18N2O4. The average Bonchev–Trinajstić information content (AvgIpc) is 3.04. The highest BCUT2D eigenvalue weighted by molar-refractivity contribution is 5.85. The van der Waals surface area contributed by atoms with Crippen LogP contribution in [-0.2, 0) is 22.6 Å². The van der Waals surface area contributed by atoms with E-state index in [1.54, 1.807) is 25.3 Å². The van der Waals surface area contributed by atoms with Crippen molar-refractivity contribution < 1.29 is 18.7 Å². The third kappa shape index (κ3) is 4.97. The summed E-state index contributed by atoms with van der Waals surface area (Å²) in [5.74, 6) is 0.870. The fourth-order valence-corrected chi connectivity index (χ4v) is 1.87. The lowest BCUT2D eigenvalue weighted by Crippen LogP contribution is -2.37. The van der Waals surface area contributed by atoms with Crippen LogP contribution in [0.25, 0.3) is 0 Å². The molecule has 2 rings (SSSR count). The van der Waals surface area contributed by atoms with Crippen molar-refractivity contribution in [3.8, 4) is 5.75 Å². The molecule has 0 aliphatic heterocycles. The fourth-order valence-electron chi connectivity index (χ4n) is 1.87. The summed E-state index contributed by atoms with van der Waals surface area (Å²) in [5.41, 5.74) is 0.827. The number of hydrogen-bond donors (Lipinski definition) is 2. The first-order chi connectivity index (χ1) is 10.7. The van der Waals surface area contributed by atoms with Gasteiger partial charge in [-0.25, -0.2) is 0 Å². The van der Waals surface area contributed by atoms with Crippen molar-refractivity contribution in [2.24, 2.45) is 0 Å². The Bertz CT molecular complexity index is 623. The van der Waals surface area contributed by atoms with Crippen LogP contribution in [0.5, 0.6) is 5.75 Å². The van der Waals surface area contributed by atoms with Crippen LogP contribution in [0.4, 0.5) is 0 Å². The smallest absolute Gasteiger partial charge is 0.239 e. The van der Waals surface area contributed by atoms with E-state index in [2.05, 4.69) is 10.6 Å². The van der Waals surface area contributed by atoms with Gasteiger partial charge in [0.15, 0.2) is 0 Å². The highest BCUT2D eigenvalue weighted by Gasteiger charge is 2.07. The van der Waals surface area contributed by atoms with Crippen molar-refractivity contribution in [3.05, 3.63) is 54.0 Å². The molecule has 6 heteroatoms. The van der Waals surface area contributed by atoms with Gasteiger partial charge in [-0.05, 0) is 29.8 Å². The molecule has 0 spiro atoms. The number of amides is 2. The summed E-state index contributed by atoms with van der Waals surface area (Å²) in [6, 6.07) is 10.8. The van der Waals surface area contributed by atoms with Crippen LogP contribution in [0.1, 0.15) is 11.3 Å². The number of benzene rings is 1. The van der Waals surface area contributed by atoms with E-state index in [0.717, 1.165) is 5.56 Å². The Kier molecular flexibility index (Phi) is 5.59. The molecule has 0 saturated carbocycles. The highest BCUT2D eigenvalue weighted by atomic mass is 16.5. The minimum atomic E-state index is -0.268. The molecule has 2 N–H and O–H groups in total. The maximum atomic E-state index is 11.8. The zero-order chi connectivity index (χ0) is 15.8. The normalized spacial score (nSPS) is 10.0. The second kappa shape index (κ2) is 7.87. The Hall–Kier alpha value is -2.76. The number of carbonyl (C=O) groups excluding carboxylic acids is 2. The number of rotatable bonds is 7. The Morgan fingerprint density at radius 2 is 2.00 bits per heavy atom. The van der Waals surface area contributed by atoms with Gasteiger partial charge in [-0.3, -0.25) is 9.59 Å². The summed E-state index contributed by atoms with van der Waals surface area (Å²) < 4.78 is 10.2. The van der Waals surface area contributed by atoms with Gasteiger partial charge >= 0.3 is 0 Å². The lowest BCUT2D eigenvalue weighted by molar-refractivity contribution is -0.125. The summed E-state index contributed by atoms with van der Waals surface area (Å²) in [6.07, 6.45) is 1.74. The zero-order valence-corrected chi connectivity index (χ0v) is 12.3. The second-order valence-corrected chi connectivity index (χ2v) is 4.66. The van der Waals surface area contributed by atoms with Crippen LogP contribution < -0.4 is 15.4 Å². The number of methoxy groups -OCH3 is 1. The largest absolute Gasteiger partial charge is 0.497 e. The van der Waals surface area contributed by atoms with E-state index < -0.39 is 0 Å². The van der Waals surface area contributed by atoms with Gasteiger partial charge in [0.2, 0.25) is 11.8 Å². The minimum absolute atomic E-state index is 0.0660. The number of ether oxygens (including phenoxy) is 1. The van der Waals surface area contributed by atoms with Crippen molar-refractivity contribution in [2.75, 3.05) is 13.7 Å². The van der Waals surface area contributed by atoms with Crippen LogP contribution in [0.2, 0.25) is 0 Å². The molecule has 0 aliphatic rings. The highest BCUT2D eigenvalue weighted by Crippen LogP contribution is 2.12. The van der Waals surface area contributed by atoms with Crippen LogP contribution in [0.3, 0.4) is 0 Å². The van der Waals surface area contributed by atoms with Crippen LogP contribution in [0, 0.1) is 0 Å². The van der Waals surface area contributed by atoms with Crippen molar-refractivity contribution in [2.45, 2.75) is 13.0 Å². The molecule has 1 aromatic heterocycles. The van der Waals surface area contributed by atoms with Gasteiger partial charge in [-0.1, -0.05) is 12.1 Å². The number of nitrogens with one attached hydrogen (secondary N) is 2. The van der Waals surface area contributed by atoms with Gasteiger partial charge in [0, 0.05) is 0 Å². The van der Waals surface area contributed by atoms with Crippen LogP contribution >= 0.6 is 0 Å². The predicted molar refractivity (Wildman–Crippen MR) is 80.3 cm³/mol. The maximum Gasteiger partial charge on any atom is 0.239 e. The SMILES string of the molecule is COc1cccc(CC(=O)NCC(=O)NCc2ccco2)c1. The molecule has 0 fully saturated rings. The summed E-state index contributed by atoms with van der Waals surface area (Å²) in [5, 5.41) is 5.23. The molecule has 2 aromatic rings. The number of hydrogen-bond acceptors (Lipinski definition) is 4. The molecule has 0 unspecified atom stereocenters. The quantitative estimate of drug-likeness (QED) is 0.807. The topological polar surface area (TPSA) is 80.6 Å². The van der Waals surface area contributed by atoms with E-state index in [9.17, 15) is 9.59 Å². The summed E-state index contributed by atoms with van der Waals surface area (Å²) in [7, 11) is 1.57. The van der Waals surface area contributed by atoms with Crippen molar-refractivity contribution in [3.63, 3.8) is 0 Å². The van der Waals surface area contributed by atoms with E-state index in [1.165, 1.54) is 6.26 Å². The van der Waals surface area contributed by atoms with Crippen LogP contribution in [-0.4, -0.2) is 25.5 Å². The second-order valence-electron chi connectivity index (χ2n) is 4.66. The van der Waals surface area contributed by atoms with E-state index in [4.69, 9.17) is 9.15 Å². The van der Waals surface area contributed by atoms with Gasteiger partial charge in [0.1, 0.15) is 11.5 Å². The minimum Gasteiger partial charge on any atom is -0.497 e. The molecule has 0 radical (unpaired) electrons. The summed E-state index contributed by atoms with van der Waals surface area (Å²) >= 11 is 0. The van der Waals surface area contributed by atoms with E-state index in [1.807, 2.05) is 18.2 Å². The molecular weight excluding hydrogens is 284 g/mol. The zero-order valence-electron chi connectivity index (χ0n) is 12.3. The molecule has 1 aromatic carbocycles. The monoisotopic (exact) mass is 302 g/mol. The first-order valence-corrected chi connectivity index (χ1v) is 6.86. The van der Waals surface area contributed by atoms with E-state index in [0.29, 0.717) is 18.1 Å². The van der Waals surface area contributed by atoms with E-state index in [-0.39, 0.29) is 24.8 Å². The molecule has 0 atom stereocenters. The number of furan rings is 1. The fraction of sp³-hybridized carbons (Fsp3) is 0.250. The first kappa shape index (κ1) is 15.6. The Balaban J connectivity index is 1.71. The van der Waals surface area contributed by atoms with Crippen molar-refractivity contribution >= 4 is 11.8 Å².